The first-order valence-electron chi connectivity index (χ1n) is 12.8. The summed E-state index contributed by atoms with van der Waals surface area (Å²) < 4.78 is 72.0. The summed E-state index contributed by atoms with van der Waals surface area (Å²) in [6.45, 7) is 0. The predicted octanol–water partition coefficient (Wildman–Crippen LogP) is 11.1. The lowest BCUT2D eigenvalue weighted by Gasteiger charge is -2.39. The van der Waals surface area contributed by atoms with E-state index in [0.717, 1.165) is 0 Å². The van der Waals surface area contributed by atoms with Gasteiger partial charge in [-0.15, -0.1) is 0 Å². The van der Waals surface area contributed by atoms with Crippen molar-refractivity contribution >= 4 is 72.8 Å². The lowest BCUT2D eigenvalue weighted by molar-refractivity contribution is -0.0496. The van der Waals surface area contributed by atoms with Gasteiger partial charge in [0.1, 0.15) is 0 Å². The smallest absolute Gasteiger partial charge is 0.289 e. The van der Waals surface area contributed by atoms with Crippen LogP contribution in [-0.4, -0.2) is 19.7 Å². The summed E-state index contributed by atoms with van der Waals surface area (Å²) in [5.41, 5.74) is -4.95. The average Bonchev–Trinajstić information content (AvgIpc) is 3.01. The van der Waals surface area contributed by atoms with E-state index in [0.29, 0.717) is 36.0 Å². The maximum absolute atomic E-state index is 13.8. The number of hydrogen-bond donors (Lipinski definition) is 0. The first-order chi connectivity index (χ1) is 21.3. The molecular formula is C32H20Cl3F3O4S3. The number of halogens is 6. The number of carbonyl (C=O) groups excluding carboxylic acids is 1. The van der Waals surface area contributed by atoms with E-state index in [-0.39, 0.29) is 20.5 Å². The molecule has 0 aliphatic carbocycles. The van der Waals surface area contributed by atoms with Crippen LogP contribution in [0.5, 0.6) is 0 Å². The Labute approximate surface area is 278 Å². The van der Waals surface area contributed by atoms with E-state index in [9.17, 15) is 26.4 Å². The van der Waals surface area contributed by atoms with Crippen molar-refractivity contribution in [2.45, 2.75) is 30.0 Å². The summed E-state index contributed by atoms with van der Waals surface area (Å²) in [5, 5.41) is 0.890. The van der Waals surface area contributed by atoms with Crippen LogP contribution in [0.15, 0.2) is 146 Å². The minimum absolute atomic E-state index is 0.151. The van der Waals surface area contributed by atoms with E-state index in [4.69, 9.17) is 38.4 Å². The third kappa shape index (κ3) is 7.07. The molecule has 0 fully saturated rings. The van der Waals surface area contributed by atoms with E-state index in [1.165, 1.54) is 72.4 Å². The van der Waals surface area contributed by atoms with Gasteiger partial charge in [0.25, 0.3) is 0 Å². The molecule has 0 unspecified atom stereocenters. The predicted molar refractivity (Wildman–Crippen MR) is 173 cm³/mol. The first kappa shape index (κ1) is 33.4. The lowest BCUT2D eigenvalue weighted by Crippen LogP contribution is -2.27. The molecule has 4 nitrogen and oxygen atoms in total. The quantitative estimate of drug-likeness (QED) is 0.112. The van der Waals surface area contributed by atoms with Crippen LogP contribution in [0.3, 0.4) is 0 Å². The number of benzene rings is 5. The van der Waals surface area contributed by atoms with Gasteiger partial charge in [0, 0.05) is 45.6 Å². The Morgan fingerprint density at radius 1 is 0.622 bits per heavy atom. The molecule has 5 aromatic carbocycles. The van der Waals surface area contributed by atoms with Gasteiger partial charge >= 0.3 is 15.6 Å². The fourth-order valence-corrected chi connectivity index (χ4v) is 10.4. The van der Waals surface area contributed by atoms with Gasteiger partial charge in [0.05, 0.1) is 5.02 Å². The molecule has 0 spiro atoms. The van der Waals surface area contributed by atoms with Crippen LogP contribution < -0.4 is 0 Å². The van der Waals surface area contributed by atoms with Crippen molar-refractivity contribution in [1.82, 2.24) is 0 Å². The third-order valence-corrected chi connectivity index (χ3v) is 13.2. The minimum atomic E-state index is -6.11. The number of ketones is 1. The largest absolute Gasteiger partial charge is 0.524 e. The molecule has 0 aliphatic heterocycles. The topological polar surface area (TPSA) is 60.4 Å². The molecule has 5 aromatic rings. The summed E-state index contributed by atoms with van der Waals surface area (Å²) in [6, 6.07) is 31.3. The van der Waals surface area contributed by atoms with Crippen molar-refractivity contribution in [2.24, 2.45) is 0 Å². The summed E-state index contributed by atoms with van der Waals surface area (Å²) in [4.78, 5) is 15.1. The van der Waals surface area contributed by atoms with E-state index in [1.807, 2.05) is 0 Å². The van der Waals surface area contributed by atoms with Crippen LogP contribution in [0.1, 0.15) is 15.9 Å². The van der Waals surface area contributed by atoms with Gasteiger partial charge in [-0.2, -0.15) is 25.2 Å². The molecule has 45 heavy (non-hydrogen) atoms. The third-order valence-electron chi connectivity index (χ3n) is 6.40. The van der Waals surface area contributed by atoms with Gasteiger partial charge in [0.15, 0.2) is 5.78 Å². The van der Waals surface area contributed by atoms with Gasteiger partial charge in [-0.1, -0.05) is 70.8 Å². The number of rotatable bonds is 9. The van der Waals surface area contributed by atoms with Crippen molar-refractivity contribution in [3.63, 3.8) is 0 Å². The SMILES string of the molecule is O=C(c1ccccc1Cl)c1ccccc1Sc1ccc(S(OS(=O)(=O)C(F)(F)F)(c2ccc(Cl)cc2)c2ccc(Cl)cc2)cc1. The molecule has 0 saturated carbocycles. The molecule has 0 amide bonds. The summed E-state index contributed by atoms with van der Waals surface area (Å²) in [5.74, 6) is -0.278. The molecule has 0 aliphatic rings. The zero-order valence-corrected chi connectivity index (χ0v) is 27.4. The monoisotopic (exact) mass is 726 g/mol. The second kappa shape index (κ2) is 13.4. The van der Waals surface area contributed by atoms with Gasteiger partial charge in [0.2, 0.25) is 0 Å². The minimum Gasteiger partial charge on any atom is -0.289 e. The Hall–Kier alpha value is -2.96. The maximum atomic E-state index is 13.8. The number of hydrogen-bond acceptors (Lipinski definition) is 5. The van der Waals surface area contributed by atoms with Crippen molar-refractivity contribution in [2.75, 3.05) is 0 Å². The summed E-state index contributed by atoms with van der Waals surface area (Å²) >= 11 is 19.7. The molecule has 0 atom stereocenters. The van der Waals surface area contributed by atoms with Crippen molar-refractivity contribution in [3.8, 4) is 0 Å². The van der Waals surface area contributed by atoms with Crippen LogP contribution in [0.4, 0.5) is 13.2 Å². The maximum Gasteiger partial charge on any atom is 0.524 e. The molecule has 5 rings (SSSR count). The van der Waals surface area contributed by atoms with E-state index in [1.54, 1.807) is 60.7 Å². The Morgan fingerprint density at radius 2 is 1.07 bits per heavy atom. The van der Waals surface area contributed by atoms with E-state index >= 15 is 0 Å². The highest BCUT2D eigenvalue weighted by Crippen LogP contribution is 2.70. The number of carbonyl (C=O) groups is 1. The van der Waals surface area contributed by atoms with E-state index < -0.39 is 25.9 Å². The zero-order valence-electron chi connectivity index (χ0n) is 22.7. The van der Waals surface area contributed by atoms with E-state index in [2.05, 4.69) is 0 Å². The van der Waals surface area contributed by atoms with Crippen molar-refractivity contribution in [1.29, 1.82) is 0 Å². The van der Waals surface area contributed by atoms with Crippen LogP contribution in [0, 0.1) is 0 Å². The van der Waals surface area contributed by atoms with Crippen molar-refractivity contribution < 1.29 is 30.0 Å². The fourth-order valence-electron chi connectivity index (χ4n) is 4.31. The zero-order chi connectivity index (χ0) is 32.4. The highest BCUT2D eigenvalue weighted by atomic mass is 35.5. The highest BCUT2D eigenvalue weighted by Gasteiger charge is 2.52. The van der Waals surface area contributed by atoms with Gasteiger partial charge < -0.3 is 0 Å². The lowest BCUT2D eigenvalue weighted by atomic mass is 10.0. The Kier molecular flexibility index (Phi) is 9.96. The summed E-state index contributed by atoms with van der Waals surface area (Å²) in [6.07, 6.45) is 0. The summed E-state index contributed by atoms with van der Waals surface area (Å²) in [7, 11) is -9.67. The molecule has 0 bridgehead atoms. The van der Waals surface area contributed by atoms with Crippen LogP contribution in [-0.2, 0) is 13.7 Å². The van der Waals surface area contributed by atoms with Gasteiger partial charge in [-0.05, 0) is 107 Å². The molecule has 13 heteroatoms. The van der Waals surface area contributed by atoms with Crippen LogP contribution in [0.2, 0.25) is 15.1 Å². The Bertz CT molecular complexity index is 1910. The molecule has 0 aromatic heterocycles. The molecule has 0 heterocycles. The second-order valence-corrected chi connectivity index (χ2v) is 16.1. The number of alkyl halides is 3. The Morgan fingerprint density at radius 3 is 1.56 bits per heavy atom. The normalized spacial score (nSPS) is 12.6. The Balaban J connectivity index is 1.62. The molecule has 232 valence electrons. The van der Waals surface area contributed by atoms with Crippen LogP contribution in [0.25, 0.3) is 0 Å². The van der Waals surface area contributed by atoms with Gasteiger partial charge in [-0.3, -0.25) is 4.79 Å². The molecule has 0 radical (unpaired) electrons. The van der Waals surface area contributed by atoms with Crippen LogP contribution >= 0.6 is 56.9 Å². The fraction of sp³-hybridized carbons (Fsp3) is 0.0312. The first-order valence-corrected chi connectivity index (χ1v) is 17.8. The second-order valence-electron chi connectivity index (χ2n) is 9.31. The van der Waals surface area contributed by atoms with Gasteiger partial charge in [-0.25, -0.2) is 0 Å². The highest BCUT2D eigenvalue weighted by molar-refractivity contribution is 8.33. The molecule has 0 saturated heterocycles. The average molecular weight is 728 g/mol. The molecular weight excluding hydrogens is 708 g/mol. The molecule has 0 N–H and O–H groups in total. The standard InChI is InChI=1S/C32H20Cl3F3O4S3/c33-21-9-15-24(16-10-21)44(25-17-11-22(34)12-18-25,42-45(40,41)32(36,37)38)26-19-13-23(14-20-26)43-30-8-4-2-6-28(30)31(39)27-5-1-3-7-29(27)35/h1-20H. The van der Waals surface area contributed by atoms with Crippen molar-refractivity contribution in [3.05, 3.63) is 148 Å².